The number of allylic oxidation sites excluding steroid dienone is 4. The van der Waals surface area contributed by atoms with Crippen LogP contribution in [0.5, 0.6) is 0 Å². The van der Waals surface area contributed by atoms with E-state index in [9.17, 15) is 4.79 Å². The Balaban J connectivity index is 2.99. The second-order valence-electron chi connectivity index (χ2n) is 3.00. The first-order valence-electron chi connectivity index (χ1n) is 4.07. The summed E-state index contributed by atoms with van der Waals surface area (Å²) in [6.45, 7) is 3.75. The highest BCUT2D eigenvalue weighted by molar-refractivity contribution is 6.30. The summed E-state index contributed by atoms with van der Waals surface area (Å²) >= 11 is 5.93. The Morgan fingerprint density at radius 1 is 1.79 bits per heavy atom. The van der Waals surface area contributed by atoms with Gasteiger partial charge in [0.15, 0.2) is 0 Å². The molecule has 0 heterocycles. The van der Waals surface area contributed by atoms with Gasteiger partial charge in [0.1, 0.15) is 5.76 Å². The predicted molar refractivity (Wildman–Crippen MR) is 54.0 cm³/mol. The van der Waals surface area contributed by atoms with Crippen molar-refractivity contribution in [1.29, 1.82) is 0 Å². The van der Waals surface area contributed by atoms with Crippen molar-refractivity contribution in [3.63, 3.8) is 0 Å². The van der Waals surface area contributed by atoms with Gasteiger partial charge in [0, 0.05) is 17.0 Å². The number of carboxylic acid groups (broad SMARTS) is 1. The van der Waals surface area contributed by atoms with Crippen LogP contribution in [0.2, 0.25) is 0 Å². The molecule has 1 N–H and O–H groups in total. The number of carboxylic acids is 1. The summed E-state index contributed by atoms with van der Waals surface area (Å²) in [4.78, 5) is 10.6. The molecule has 0 radical (unpaired) electrons. The average molecular weight is 215 g/mol. The van der Waals surface area contributed by atoms with Gasteiger partial charge >= 0.3 is 5.97 Å². The number of hydrogen-bond donors (Lipinski definition) is 1. The molecule has 76 valence electrons. The van der Waals surface area contributed by atoms with Gasteiger partial charge < -0.3 is 9.84 Å². The van der Waals surface area contributed by atoms with Crippen molar-refractivity contribution in [3.8, 4) is 0 Å². The topological polar surface area (TPSA) is 46.5 Å². The largest absolute Gasteiger partial charge is 0.496 e. The van der Waals surface area contributed by atoms with E-state index in [1.165, 1.54) is 7.11 Å². The minimum Gasteiger partial charge on any atom is -0.496 e. The smallest absolute Gasteiger partial charge is 0.308 e. The molecule has 1 aliphatic carbocycles. The van der Waals surface area contributed by atoms with Gasteiger partial charge in [-0.05, 0) is 11.6 Å². The molecule has 1 aliphatic rings. The summed E-state index contributed by atoms with van der Waals surface area (Å²) in [5, 5.41) is 9.16. The highest BCUT2D eigenvalue weighted by Crippen LogP contribution is 2.32. The maximum Gasteiger partial charge on any atom is 0.308 e. The molecular weight excluding hydrogens is 204 g/mol. The van der Waals surface area contributed by atoms with Gasteiger partial charge in [-0.15, -0.1) is 0 Å². The lowest BCUT2D eigenvalue weighted by Crippen LogP contribution is -2.07. The molecule has 0 saturated carbocycles. The normalized spacial score (nSPS) is 16.7. The van der Waals surface area contributed by atoms with Crippen molar-refractivity contribution in [2.45, 2.75) is 12.8 Å². The van der Waals surface area contributed by atoms with Crippen molar-refractivity contribution >= 4 is 17.6 Å². The van der Waals surface area contributed by atoms with E-state index in [1.54, 1.807) is 6.08 Å². The highest BCUT2D eigenvalue weighted by atomic mass is 35.5. The van der Waals surface area contributed by atoms with Gasteiger partial charge in [0.05, 0.1) is 13.5 Å². The fraction of sp³-hybridized carbons (Fsp3) is 0.300. The molecule has 3 nitrogen and oxygen atoms in total. The van der Waals surface area contributed by atoms with Gasteiger partial charge in [-0.1, -0.05) is 18.2 Å². The summed E-state index contributed by atoms with van der Waals surface area (Å²) in [7, 11) is 1.48. The summed E-state index contributed by atoms with van der Waals surface area (Å²) in [5.74, 6) is -0.428. The first kappa shape index (κ1) is 10.9. The van der Waals surface area contributed by atoms with Gasteiger partial charge in [-0.25, -0.2) is 0 Å². The molecule has 0 bridgehead atoms. The Morgan fingerprint density at radius 2 is 2.43 bits per heavy atom. The number of hydrogen-bond acceptors (Lipinski definition) is 2. The molecule has 4 heteroatoms. The summed E-state index contributed by atoms with van der Waals surface area (Å²) in [5.41, 5.74) is 1.36. The summed E-state index contributed by atoms with van der Waals surface area (Å²) in [6.07, 6.45) is 2.09. The number of methoxy groups -OCH3 is 1. The fourth-order valence-corrected chi connectivity index (χ4v) is 1.61. The van der Waals surface area contributed by atoms with Crippen LogP contribution in [0.1, 0.15) is 12.8 Å². The van der Waals surface area contributed by atoms with Crippen LogP contribution < -0.4 is 0 Å². The third kappa shape index (κ3) is 2.39. The quantitative estimate of drug-likeness (QED) is 0.785. The Labute approximate surface area is 87.3 Å². The van der Waals surface area contributed by atoms with E-state index in [4.69, 9.17) is 21.4 Å². The monoisotopic (exact) mass is 214 g/mol. The maximum absolute atomic E-state index is 10.6. The van der Waals surface area contributed by atoms with E-state index in [0.717, 1.165) is 5.57 Å². The minimum absolute atomic E-state index is 0.119. The second kappa shape index (κ2) is 4.33. The molecule has 0 atom stereocenters. The fourth-order valence-electron chi connectivity index (χ4n) is 1.28. The van der Waals surface area contributed by atoms with Crippen molar-refractivity contribution < 1.29 is 14.6 Å². The molecule has 0 aromatic heterocycles. The third-order valence-electron chi connectivity index (χ3n) is 1.89. The summed E-state index contributed by atoms with van der Waals surface area (Å²) < 4.78 is 5.04. The van der Waals surface area contributed by atoms with Crippen LogP contribution in [-0.2, 0) is 9.53 Å². The van der Waals surface area contributed by atoms with E-state index in [-0.39, 0.29) is 6.42 Å². The van der Waals surface area contributed by atoms with Crippen LogP contribution in [0.15, 0.2) is 34.6 Å². The number of halogens is 1. The predicted octanol–water partition coefficient (Wildman–Crippen LogP) is 2.44. The van der Waals surface area contributed by atoms with Gasteiger partial charge in [-0.2, -0.15) is 0 Å². The zero-order valence-corrected chi connectivity index (χ0v) is 8.60. The Kier molecular flexibility index (Phi) is 3.36. The molecular formula is C10H11ClO3. The van der Waals surface area contributed by atoms with E-state index in [0.29, 0.717) is 22.8 Å². The van der Waals surface area contributed by atoms with E-state index < -0.39 is 5.97 Å². The molecule has 0 fully saturated rings. The van der Waals surface area contributed by atoms with Crippen molar-refractivity contribution in [2.75, 3.05) is 7.11 Å². The zero-order valence-electron chi connectivity index (χ0n) is 7.84. The van der Waals surface area contributed by atoms with Gasteiger partial charge in [0.25, 0.3) is 0 Å². The Bertz CT molecular complexity index is 339. The second-order valence-corrected chi connectivity index (χ2v) is 3.46. The lowest BCUT2D eigenvalue weighted by molar-refractivity contribution is -0.136. The van der Waals surface area contributed by atoms with Crippen LogP contribution in [0, 0.1) is 0 Å². The van der Waals surface area contributed by atoms with Crippen LogP contribution in [0.3, 0.4) is 0 Å². The molecule has 1 rings (SSSR count). The molecule has 0 aliphatic heterocycles. The molecule has 0 spiro atoms. The molecule has 0 unspecified atom stereocenters. The van der Waals surface area contributed by atoms with Crippen LogP contribution in [-0.4, -0.2) is 18.2 Å². The molecule has 0 saturated heterocycles. The lowest BCUT2D eigenvalue weighted by Gasteiger charge is -2.17. The molecule has 14 heavy (non-hydrogen) atoms. The average Bonchev–Trinajstić information content (AvgIpc) is 2.08. The maximum atomic E-state index is 10.6. The summed E-state index contributed by atoms with van der Waals surface area (Å²) in [6, 6.07) is 0. The first-order chi connectivity index (χ1) is 6.54. The van der Waals surface area contributed by atoms with Crippen LogP contribution >= 0.6 is 11.6 Å². The first-order valence-corrected chi connectivity index (χ1v) is 4.45. The van der Waals surface area contributed by atoms with E-state index in [1.807, 2.05) is 0 Å². The van der Waals surface area contributed by atoms with Crippen molar-refractivity contribution in [2.24, 2.45) is 0 Å². The molecule has 0 aromatic carbocycles. The van der Waals surface area contributed by atoms with Crippen LogP contribution in [0.25, 0.3) is 0 Å². The van der Waals surface area contributed by atoms with E-state index in [2.05, 4.69) is 6.58 Å². The minimum atomic E-state index is -0.923. The van der Waals surface area contributed by atoms with Gasteiger partial charge in [0.2, 0.25) is 0 Å². The van der Waals surface area contributed by atoms with Crippen molar-refractivity contribution in [3.05, 3.63) is 34.6 Å². The van der Waals surface area contributed by atoms with E-state index >= 15 is 0 Å². The van der Waals surface area contributed by atoms with Crippen molar-refractivity contribution in [1.82, 2.24) is 0 Å². The number of aliphatic carboxylic acids is 1. The Hall–Kier alpha value is -1.22. The SMILES string of the molecule is C=C1C=C(OC)C(CC(=O)O)=C(Cl)C1. The highest BCUT2D eigenvalue weighted by Gasteiger charge is 2.19. The molecule has 0 aromatic rings. The zero-order chi connectivity index (χ0) is 10.7. The Morgan fingerprint density at radius 3 is 2.93 bits per heavy atom. The number of carbonyl (C=O) groups is 1. The third-order valence-corrected chi connectivity index (χ3v) is 2.25. The number of rotatable bonds is 3. The lowest BCUT2D eigenvalue weighted by atomic mass is 9.99. The molecule has 0 amide bonds. The van der Waals surface area contributed by atoms with Crippen LogP contribution in [0.4, 0.5) is 0 Å². The standard InChI is InChI=1S/C10H11ClO3/c1-6-3-8(11)7(5-10(12)13)9(4-6)14-2/h4H,1,3,5H2,2H3,(H,12,13). The number of ether oxygens (including phenoxy) is 1. The van der Waals surface area contributed by atoms with Gasteiger partial charge in [-0.3, -0.25) is 4.79 Å².